The number of carbonyl (C=O) groups excluding carboxylic acids is 2. The third kappa shape index (κ3) is 6.08. The third-order valence-corrected chi connectivity index (χ3v) is 4.96. The van der Waals surface area contributed by atoms with E-state index < -0.39 is 0 Å². The molecule has 0 spiro atoms. The van der Waals surface area contributed by atoms with E-state index in [0.29, 0.717) is 29.3 Å². The fraction of sp³-hybridized carbons (Fsp3) is 0.417. The zero-order valence-electron chi connectivity index (χ0n) is 17.3. The molecule has 0 radical (unpaired) electrons. The summed E-state index contributed by atoms with van der Waals surface area (Å²) in [6, 6.07) is 14.3. The number of hydrogen-bond donors (Lipinski definition) is 1. The summed E-state index contributed by atoms with van der Waals surface area (Å²) in [5.41, 5.74) is 1.78. The van der Waals surface area contributed by atoms with E-state index in [1.807, 2.05) is 17.0 Å². The van der Waals surface area contributed by atoms with Gasteiger partial charge in [0.05, 0.1) is 6.61 Å². The fourth-order valence-corrected chi connectivity index (χ4v) is 3.36. The number of benzene rings is 2. The van der Waals surface area contributed by atoms with Gasteiger partial charge in [-0.15, -0.1) is 0 Å². The number of rotatable bonds is 6. The average molecular weight is 395 g/mol. The second kappa shape index (κ2) is 10.1. The van der Waals surface area contributed by atoms with E-state index in [9.17, 15) is 9.59 Å². The molecule has 1 heterocycles. The molecule has 0 saturated carbocycles. The molecule has 0 aromatic heterocycles. The number of amides is 2. The van der Waals surface area contributed by atoms with E-state index in [0.717, 1.165) is 31.7 Å². The Morgan fingerprint density at radius 2 is 1.66 bits per heavy atom. The zero-order valence-corrected chi connectivity index (χ0v) is 17.3. The summed E-state index contributed by atoms with van der Waals surface area (Å²) in [4.78, 5) is 27.3. The van der Waals surface area contributed by atoms with E-state index in [2.05, 4.69) is 19.2 Å². The van der Waals surface area contributed by atoms with Crippen molar-refractivity contribution in [1.82, 2.24) is 4.90 Å². The highest BCUT2D eigenvalue weighted by molar-refractivity contribution is 6.05. The van der Waals surface area contributed by atoms with Gasteiger partial charge in [0, 0.05) is 29.9 Å². The molecule has 5 nitrogen and oxygen atoms in total. The molecule has 0 atom stereocenters. The van der Waals surface area contributed by atoms with Gasteiger partial charge in [-0.1, -0.05) is 32.8 Å². The molecule has 2 amide bonds. The standard InChI is InChI=1S/C24H30N2O3/c1-18(2)17-29-22-12-10-19(11-13-22)23(27)25-21-9-7-8-20(16-21)24(28)26-14-5-3-4-6-15-26/h7-13,16,18H,3-6,14-15,17H2,1-2H3,(H,25,27). The SMILES string of the molecule is CC(C)COc1ccc(C(=O)Nc2cccc(C(=O)N3CCCCCC3)c2)cc1. The molecule has 154 valence electrons. The Morgan fingerprint density at radius 3 is 2.31 bits per heavy atom. The zero-order chi connectivity index (χ0) is 20.6. The smallest absolute Gasteiger partial charge is 0.255 e. The minimum absolute atomic E-state index is 0.0367. The van der Waals surface area contributed by atoms with Crippen LogP contribution >= 0.6 is 0 Å². The Hall–Kier alpha value is -2.82. The van der Waals surface area contributed by atoms with E-state index in [1.165, 1.54) is 12.8 Å². The highest BCUT2D eigenvalue weighted by Crippen LogP contribution is 2.18. The van der Waals surface area contributed by atoms with Crippen LogP contribution in [0.15, 0.2) is 48.5 Å². The molecule has 1 aliphatic heterocycles. The fourth-order valence-electron chi connectivity index (χ4n) is 3.36. The van der Waals surface area contributed by atoms with Crippen molar-refractivity contribution >= 4 is 17.5 Å². The Bertz CT molecular complexity index is 822. The van der Waals surface area contributed by atoms with Crippen molar-refractivity contribution in [3.05, 3.63) is 59.7 Å². The molecule has 3 rings (SSSR count). The highest BCUT2D eigenvalue weighted by atomic mass is 16.5. The third-order valence-electron chi connectivity index (χ3n) is 4.96. The summed E-state index contributed by atoms with van der Waals surface area (Å²) in [5, 5.41) is 2.89. The van der Waals surface area contributed by atoms with Crippen LogP contribution in [0.25, 0.3) is 0 Å². The molecule has 0 unspecified atom stereocenters. The van der Waals surface area contributed by atoms with Gasteiger partial charge in [0.15, 0.2) is 0 Å². The number of anilines is 1. The maximum absolute atomic E-state index is 12.8. The largest absolute Gasteiger partial charge is 0.493 e. The first-order valence-electron chi connectivity index (χ1n) is 10.5. The van der Waals surface area contributed by atoms with Gasteiger partial charge in [-0.05, 0) is 61.2 Å². The summed E-state index contributed by atoms with van der Waals surface area (Å²) < 4.78 is 5.66. The average Bonchev–Trinajstić information content (AvgIpc) is 3.02. The number of nitrogens with zero attached hydrogens (tertiary/aromatic N) is 1. The van der Waals surface area contributed by atoms with Gasteiger partial charge >= 0.3 is 0 Å². The van der Waals surface area contributed by atoms with Gasteiger partial charge in [0.1, 0.15) is 5.75 Å². The lowest BCUT2D eigenvalue weighted by molar-refractivity contribution is 0.0761. The number of carbonyl (C=O) groups is 2. The normalized spacial score (nSPS) is 14.4. The number of hydrogen-bond acceptors (Lipinski definition) is 3. The summed E-state index contributed by atoms with van der Waals surface area (Å²) in [6.45, 7) is 6.44. The van der Waals surface area contributed by atoms with E-state index in [1.54, 1.807) is 36.4 Å². The molecular formula is C24H30N2O3. The molecular weight excluding hydrogens is 364 g/mol. The van der Waals surface area contributed by atoms with Gasteiger partial charge in [-0.3, -0.25) is 9.59 Å². The lowest BCUT2D eigenvalue weighted by Gasteiger charge is -2.20. The molecule has 2 aromatic rings. The van der Waals surface area contributed by atoms with Gasteiger partial charge in [-0.25, -0.2) is 0 Å². The van der Waals surface area contributed by atoms with Gasteiger partial charge in [-0.2, -0.15) is 0 Å². The van der Waals surface area contributed by atoms with Crippen LogP contribution in [-0.4, -0.2) is 36.4 Å². The molecule has 2 aromatic carbocycles. The summed E-state index contributed by atoms with van der Waals surface area (Å²) in [5.74, 6) is 1.03. The molecule has 1 aliphatic rings. The predicted molar refractivity (Wildman–Crippen MR) is 116 cm³/mol. The quantitative estimate of drug-likeness (QED) is 0.751. The topological polar surface area (TPSA) is 58.6 Å². The maximum Gasteiger partial charge on any atom is 0.255 e. The summed E-state index contributed by atoms with van der Waals surface area (Å²) in [6.07, 6.45) is 4.47. The van der Waals surface area contributed by atoms with Crippen LogP contribution in [0.4, 0.5) is 5.69 Å². The second-order valence-electron chi connectivity index (χ2n) is 7.97. The summed E-state index contributed by atoms with van der Waals surface area (Å²) in [7, 11) is 0. The Balaban J connectivity index is 1.63. The molecule has 1 N–H and O–H groups in total. The highest BCUT2D eigenvalue weighted by Gasteiger charge is 2.18. The number of ether oxygens (including phenoxy) is 1. The minimum Gasteiger partial charge on any atom is -0.493 e. The van der Waals surface area contributed by atoms with Gasteiger partial charge < -0.3 is 15.0 Å². The van der Waals surface area contributed by atoms with Crippen LogP contribution in [0.5, 0.6) is 5.75 Å². The van der Waals surface area contributed by atoms with Crippen molar-refractivity contribution in [1.29, 1.82) is 0 Å². The van der Waals surface area contributed by atoms with Crippen molar-refractivity contribution in [3.63, 3.8) is 0 Å². The van der Waals surface area contributed by atoms with E-state index >= 15 is 0 Å². The van der Waals surface area contributed by atoms with Crippen molar-refractivity contribution < 1.29 is 14.3 Å². The number of likely N-dealkylation sites (tertiary alicyclic amines) is 1. The molecule has 5 heteroatoms. The summed E-state index contributed by atoms with van der Waals surface area (Å²) >= 11 is 0. The van der Waals surface area contributed by atoms with Crippen molar-refractivity contribution in [2.45, 2.75) is 39.5 Å². The molecule has 29 heavy (non-hydrogen) atoms. The van der Waals surface area contributed by atoms with Crippen molar-refractivity contribution in [3.8, 4) is 5.75 Å². The van der Waals surface area contributed by atoms with Gasteiger partial charge in [0.2, 0.25) is 0 Å². The lowest BCUT2D eigenvalue weighted by atomic mass is 10.1. The van der Waals surface area contributed by atoms with Crippen LogP contribution in [0, 0.1) is 5.92 Å². The van der Waals surface area contributed by atoms with Crippen LogP contribution in [0.1, 0.15) is 60.2 Å². The molecule has 0 aliphatic carbocycles. The Kier molecular flexibility index (Phi) is 7.28. The van der Waals surface area contributed by atoms with E-state index in [-0.39, 0.29) is 11.8 Å². The molecule has 1 saturated heterocycles. The minimum atomic E-state index is -0.209. The Labute approximate surface area is 173 Å². The second-order valence-corrected chi connectivity index (χ2v) is 7.97. The number of nitrogens with one attached hydrogen (secondary N) is 1. The van der Waals surface area contributed by atoms with Crippen LogP contribution in [0.3, 0.4) is 0 Å². The molecule has 0 bridgehead atoms. The molecule has 1 fully saturated rings. The van der Waals surface area contributed by atoms with Crippen molar-refractivity contribution in [2.75, 3.05) is 25.0 Å². The first-order chi connectivity index (χ1) is 14.0. The lowest BCUT2D eigenvalue weighted by Crippen LogP contribution is -2.31. The first-order valence-corrected chi connectivity index (χ1v) is 10.5. The first kappa shape index (κ1) is 20.9. The van der Waals surface area contributed by atoms with Crippen LogP contribution in [-0.2, 0) is 0 Å². The van der Waals surface area contributed by atoms with Crippen LogP contribution < -0.4 is 10.1 Å². The van der Waals surface area contributed by atoms with Crippen molar-refractivity contribution in [2.24, 2.45) is 5.92 Å². The predicted octanol–water partition coefficient (Wildman–Crippen LogP) is 4.99. The maximum atomic E-state index is 12.8. The monoisotopic (exact) mass is 394 g/mol. The van der Waals surface area contributed by atoms with E-state index in [4.69, 9.17) is 4.74 Å². The van der Waals surface area contributed by atoms with Crippen LogP contribution in [0.2, 0.25) is 0 Å². The Morgan fingerprint density at radius 1 is 0.966 bits per heavy atom. The van der Waals surface area contributed by atoms with Gasteiger partial charge in [0.25, 0.3) is 11.8 Å².